The number of aryl methyl sites for hydroxylation is 1. The second-order valence-electron chi connectivity index (χ2n) is 5.10. The van der Waals surface area contributed by atoms with Crippen LogP contribution in [0.25, 0.3) is 10.2 Å². The third-order valence-electron chi connectivity index (χ3n) is 3.53. The van der Waals surface area contributed by atoms with Gasteiger partial charge in [0.1, 0.15) is 16.2 Å². The lowest BCUT2D eigenvalue weighted by Crippen LogP contribution is -2.08. The number of hydrogen-bond acceptors (Lipinski definition) is 5. The molecule has 1 aliphatic carbocycles. The Morgan fingerprint density at radius 3 is 3.16 bits per heavy atom. The first-order chi connectivity index (χ1) is 9.19. The summed E-state index contributed by atoms with van der Waals surface area (Å²) in [6.07, 6.45) is 5.15. The molecule has 5 heteroatoms. The number of fused-ring (bicyclic) bond motifs is 3. The molecular weight excluding hydrogens is 274 g/mol. The molecule has 0 bridgehead atoms. The Balaban J connectivity index is 2.11. The summed E-state index contributed by atoms with van der Waals surface area (Å²) in [5.74, 6) is 0.766. The SMILES string of the molecule is C[C@H]1CCc2c(sc3ncnc(S[C@@H](C)C#N)c23)C1. The minimum Gasteiger partial charge on any atom is -0.229 e. The van der Waals surface area contributed by atoms with Crippen molar-refractivity contribution in [1.82, 2.24) is 9.97 Å². The maximum atomic E-state index is 8.98. The van der Waals surface area contributed by atoms with E-state index in [-0.39, 0.29) is 5.25 Å². The largest absolute Gasteiger partial charge is 0.229 e. The summed E-state index contributed by atoms with van der Waals surface area (Å²) < 4.78 is 0. The predicted octanol–water partition coefficient (Wildman–Crippen LogP) is 3.82. The van der Waals surface area contributed by atoms with Crippen LogP contribution >= 0.6 is 23.1 Å². The summed E-state index contributed by atoms with van der Waals surface area (Å²) in [4.78, 5) is 11.4. The molecule has 1 aliphatic rings. The molecule has 0 aromatic carbocycles. The van der Waals surface area contributed by atoms with Crippen LogP contribution in [0.1, 0.15) is 30.7 Å². The minimum atomic E-state index is -0.0730. The molecular formula is C14H15N3S2. The van der Waals surface area contributed by atoms with Crippen LogP contribution in [0.4, 0.5) is 0 Å². The Kier molecular flexibility index (Phi) is 3.46. The lowest BCUT2D eigenvalue weighted by atomic mass is 9.89. The van der Waals surface area contributed by atoms with E-state index in [4.69, 9.17) is 5.26 Å². The lowest BCUT2D eigenvalue weighted by molar-refractivity contribution is 0.509. The molecule has 2 atom stereocenters. The fourth-order valence-corrected chi connectivity index (χ4v) is 4.78. The molecule has 0 spiro atoms. The van der Waals surface area contributed by atoms with Crippen LogP contribution in [0.15, 0.2) is 11.4 Å². The normalized spacial score (nSPS) is 19.9. The second kappa shape index (κ2) is 5.10. The van der Waals surface area contributed by atoms with Gasteiger partial charge in [0, 0.05) is 10.3 Å². The fraction of sp³-hybridized carbons (Fsp3) is 0.500. The van der Waals surface area contributed by atoms with Crippen molar-refractivity contribution in [2.45, 2.75) is 43.4 Å². The molecule has 3 nitrogen and oxygen atoms in total. The number of nitriles is 1. The molecule has 0 radical (unpaired) electrons. The van der Waals surface area contributed by atoms with E-state index >= 15 is 0 Å². The van der Waals surface area contributed by atoms with E-state index in [0.717, 1.165) is 28.6 Å². The van der Waals surface area contributed by atoms with Crippen molar-refractivity contribution in [2.24, 2.45) is 5.92 Å². The van der Waals surface area contributed by atoms with Crippen LogP contribution in [0, 0.1) is 17.2 Å². The lowest BCUT2D eigenvalue weighted by Gasteiger charge is -2.18. The molecule has 2 aromatic heterocycles. The van der Waals surface area contributed by atoms with Gasteiger partial charge in [-0.25, -0.2) is 9.97 Å². The van der Waals surface area contributed by atoms with E-state index < -0.39 is 0 Å². The van der Waals surface area contributed by atoms with Gasteiger partial charge in [0.2, 0.25) is 0 Å². The first-order valence-corrected chi connectivity index (χ1v) is 8.20. The summed E-state index contributed by atoms with van der Waals surface area (Å²) in [7, 11) is 0. The Morgan fingerprint density at radius 2 is 2.37 bits per heavy atom. The van der Waals surface area contributed by atoms with Gasteiger partial charge in [0.05, 0.1) is 11.3 Å². The minimum absolute atomic E-state index is 0.0730. The number of thiophene rings is 1. The molecule has 3 rings (SSSR count). The molecule has 0 saturated heterocycles. The smallest absolute Gasteiger partial charge is 0.128 e. The average Bonchev–Trinajstić information content (AvgIpc) is 2.76. The van der Waals surface area contributed by atoms with E-state index in [1.54, 1.807) is 29.4 Å². The van der Waals surface area contributed by atoms with Crippen molar-refractivity contribution < 1.29 is 0 Å². The number of thioether (sulfide) groups is 1. The molecule has 0 saturated carbocycles. The zero-order valence-electron chi connectivity index (χ0n) is 11.0. The Morgan fingerprint density at radius 1 is 1.53 bits per heavy atom. The Bertz CT molecular complexity index is 656. The van der Waals surface area contributed by atoms with Gasteiger partial charge in [-0.05, 0) is 37.7 Å². The molecule has 0 N–H and O–H groups in total. The van der Waals surface area contributed by atoms with Gasteiger partial charge in [-0.2, -0.15) is 5.26 Å². The van der Waals surface area contributed by atoms with Crippen LogP contribution in [0.5, 0.6) is 0 Å². The molecule has 98 valence electrons. The van der Waals surface area contributed by atoms with Crippen LogP contribution in [-0.4, -0.2) is 15.2 Å². The van der Waals surface area contributed by atoms with E-state index in [1.165, 1.54) is 22.2 Å². The van der Waals surface area contributed by atoms with Gasteiger partial charge in [-0.15, -0.1) is 11.3 Å². The van der Waals surface area contributed by atoms with Crippen molar-refractivity contribution in [3.05, 3.63) is 16.8 Å². The zero-order chi connectivity index (χ0) is 13.4. The van der Waals surface area contributed by atoms with Crippen molar-refractivity contribution in [1.29, 1.82) is 5.26 Å². The maximum Gasteiger partial charge on any atom is 0.128 e. The van der Waals surface area contributed by atoms with E-state index in [1.807, 2.05) is 6.92 Å². The highest BCUT2D eigenvalue weighted by Gasteiger charge is 2.23. The first-order valence-electron chi connectivity index (χ1n) is 6.50. The van der Waals surface area contributed by atoms with Crippen molar-refractivity contribution >= 4 is 33.3 Å². The molecule has 0 amide bonds. The van der Waals surface area contributed by atoms with Gasteiger partial charge < -0.3 is 0 Å². The van der Waals surface area contributed by atoms with Gasteiger partial charge in [0.25, 0.3) is 0 Å². The zero-order valence-corrected chi connectivity index (χ0v) is 12.6. The summed E-state index contributed by atoms with van der Waals surface area (Å²) in [6.45, 7) is 4.23. The third kappa shape index (κ3) is 2.35. The molecule has 19 heavy (non-hydrogen) atoms. The topological polar surface area (TPSA) is 49.6 Å². The number of nitrogens with zero attached hydrogens (tertiary/aromatic N) is 3. The molecule has 0 aliphatic heterocycles. The maximum absolute atomic E-state index is 8.98. The highest BCUT2D eigenvalue weighted by Crippen LogP contribution is 2.41. The molecule has 2 heterocycles. The highest BCUT2D eigenvalue weighted by molar-refractivity contribution is 8.00. The number of rotatable bonds is 2. The number of aromatic nitrogens is 2. The van der Waals surface area contributed by atoms with Crippen molar-refractivity contribution in [3.63, 3.8) is 0 Å². The summed E-state index contributed by atoms with van der Waals surface area (Å²) in [5, 5.41) is 11.1. The van der Waals surface area contributed by atoms with Crippen molar-refractivity contribution in [2.75, 3.05) is 0 Å². The summed E-state index contributed by atoms with van der Waals surface area (Å²) >= 11 is 3.35. The number of hydrogen-bond donors (Lipinski definition) is 0. The quantitative estimate of drug-likeness (QED) is 0.623. The van der Waals surface area contributed by atoms with E-state index in [0.29, 0.717) is 0 Å². The first kappa shape index (κ1) is 12.9. The average molecular weight is 289 g/mol. The second-order valence-corrected chi connectivity index (χ2v) is 7.51. The van der Waals surface area contributed by atoms with E-state index in [2.05, 4.69) is 23.0 Å². The molecule has 0 fully saturated rings. The van der Waals surface area contributed by atoms with Crippen LogP contribution in [0.3, 0.4) is 0 Å². The van der Waals surface area contributed by atoms with E-state index in [9.17, 15) is 0 Å². The summed E-state index contributed by atoms with van der Waals surface area (Å²) in [6, 6.07) is 2.26. The highest BCUT2D eigenvalue weighted by atomic mass is 32.2. The molecule has 0 unspecified atom stereocenters. The third-order valence-corrected chi connectivity index (χ3v) is 5.68. The van der Waals surface area contributed by atoms with Gasteiger partial charge >= 0.3 is 0 Å². The monoisotopic (exact) mass is 289 g/mol. The standard InChI is InChI=1S/C14H15N3S2/c1-8-3-4-10-11(5-8)19-14-12(10)13(16-7-17-14)18-9(2)6-15/h7-9H,3-5H2,1-2H3/t8-,9-/m0/s1. The van der Waals surface area contributed by atoms with Crippen LogP contribution in [0.2, 0.25) is 0 Å². The molecule has 2 aromatic rings. The van der Waals surface area contributed by atoms with Gasteiger partial charge in [-0.1, -0.05) is 18.7 Å². The Hall–Kier alpha value is -1.12. The van der Waals surface area contributed by atoms with Crippen LogP contribution < -0.4 is 0 Å². The van der Waals surface area contributed by atoms with Gasteiger partial charge in [0.15, 0.2) is 0 Å². The Labute approximate surface area is 121 Å². The fourth-order valence-electron chi connectivity index (χ4n) is 2.53. The van der Waals surface area contributed by atoms with Gasteiger partial charge in [-0.3, -0.25) is 0 Å². The predicted molar refractivity (Wildman–Crippen MR) is 79.5 cm³/mol. The van der Waals surface area contributed by atoms with Crippen LogP contribution in [-0.2, 0) is 12.8 Å². The van der Waals surface area contributed by atoms with Crippen molar-refractivity contribution in [3.8, 4) is 6.07 Å². The summed E-state index contributed by atoms with van der Waals surface area (Å²) in [5.41, 5.74) is 1.44.